The minimum atomic E-state index is -0.270. The highest BCUT2D eigenvalue weighted by Gasteiger charge is 2.10. The summed E-state index contributed by atoms with van der Waals surface area (Å²) in [6.45, 7) is 0. The monoisotopic (exact) mass is 300 g/mol. The number of nitrogen functional groups attached to an aromatic ring is 1. The Hall–Kier alpha value is -2.67. The van der Waals surface area contributed by atoms with Crippen molar-refractivity contribution in [2.45, 2.75) is 0 Å². The average Bonchev–Trinajstić information content (AvgIpc) is 2.88. The quantitative estimate of drug-likeness (QED) is 0.775. The second-order valence-electron chi connectivity index (χ2n) is 4.28. The Morgan fingerprint density at radius 2 is 2.19 bits per heavy atom. The van der Waals surface area contributed by atoms with Gasteiger partial charge >= 0.3 is 0 Å². The van der Waals surface area contributed by atoms with E-state index in [4.69, 9.17) is 10.5 Å². The first-order chi connectivity index (χ1) is 10.2. The molecule has 2 heterocycles. The molecule has 0 unspecified atom stereocenters. The van der Waals surface area contributed by atoms with E-state index in [1.807, 2.05) is 18.2 Å². The molecule has 0 aliphatic rings. The lowest BCUT2D eigenvalue weighted by Gasteiger charge is -2.00. The fourth-order valence-corrected chi connectivity index (χ4v) is 2.68. The standard InChI is InChI=1S/C14H12N4O2S/c1-20-9-3-4-10-11(6-9)21-14(17-10)18-13(19)8-2-5-12(15)16-7-8/h2-7H,1H3,(H2,15,16)(H,17,18,19). The summed E-state index contributed by atoms with van der Waals surface area (Å²) in [5, 5.41) is 3.28. The van der Waals surface area contributed by atoms with E-state index in [2.05, 4.69) is 15.3 Å². The van der Waals surface area contributed by atoms with Crippen LogP contribution in [0.2, 0.25) is 0 Å². The van der Waals surface area contributed by atoms with Gasteiger partial charge in [-0.15, -0.1) is 0 Å². The molecule has 0 radical (unpaired) electrons. The largest absolute Gasteiger partial charge is 0.497 e. The van der Waals surface area contributed by atoms with Crippen LogP contribution in [0.4, 0.5) is 10.9 Å². The lowest BCUT2D eigenvalue weighted by Crippen LogP contribution is -2.12. The number of carbonyl (C=O) groups is 1. The Morgan fingerprint density at radius 3 is 2.90 bits per heavy atom. The third kappa shape index (κ3) is 2.77. The molecule has 0 bridgehead atoms. The number of hydrogen-bond acceptors (Lipinski definition) is 6. The molecule has 1 amide bonds. The first-order valence-electron chi connectivity index (χ1n) is 6.13. The predicted molar refractivity (Wildman–Crippen MR) is 82.8 cm³/mol. The number of thiazole rings is 1. The van der Waals surface area contributed by atoms with Crippen LogP contribution in [0.3, 0.4) is 0 Å². The van der Waals surface area contributed by atoms with Crippen LogP contribution in [-0.4, -0.2) is 23.0 Å². The molecular formula is C14H12N4O2S. The lowest BCUT2D eigenvalue weighted by atomic mass is 10.2. The van der Waals surface area contributed by atoms with Gasteiger partial charge in [-0.1, -0.05) is 11.3 Å². The van der Waals surface area contributed by atoms with Crippen LogP contribution in [0.1, 0.15) is 10.4 Å². The number of benzene rings is 1. The highest BCUT2D eigenvalue weighted by molar-refractivity contribution is 7.22. The second kappa shape index (κ2) is 5.37. The number of aromatic nitrogens is 2. The number of fused-ring (bicyclic) bond motifs is 1. The van der Waals surface area contributed by atoms with E-state index in [1.54, 1.807) is 19.2 Å². The Labute approximate surface area is 124 Å². The van der Waals surface area contributed by atoms with Crippen molar-refractivity contribution in [3.63, 3.8) is 0 Å². The summed E-state index contributed by atoms with van der Waals surface area (Å²) in [7, 11) is 1.61. The number of methoxy groups -OCH3 is 1. The molecule has 2 aromatic heterocycles. The van der Waals surface area contributed by atoms with Crippen molar-refractivity contribution in [2.24, 2.45) is 0 Å². The molecule has 21 heavy (non-hydrogen) atoms. The van der Waals surface area contributed by atoms with E-state index in [0.717, 1.165) is 16.0 Å². The van der Waals surface area contributed by atoms with Gasteiger partial charge in [0, 0.05) is 6.20 Å². The number of nitrogens with one attached hydrogen (secondary N) is 1. The molecule has 0 spiro atoms. The topological polar surface area (TPSA) is 90.1 Å². The molecule has 3 aromatic rings. The number of nitrogens with two attached hydrogens (primary N) is 1. The van der Waals surface area contributed by atoms with E-state index in [0.29, 0.717) is 16.5 Å². The third-order valence-corrected chi connectivity index (χ3v) is 3.80. The minimum Gasteiger partial charge on any atom is -0.497 e. The first-order valence-corrected chi connectivity index (χ1v) is 6.95. The molecule has 3 N–H and O–H groups in total. The zero-order chi connectivity index (χ0) is 14.8. The van der Waals surface area contributed by atoms with Crippen molar-refractivity contribution >= 4 is 38.4 Å². The molecule has 3 rings (SSSR count). The van der Waals surface area contributed by atoms with Crippen LogP contribution in [0.15, 0.2) is 36.5 Å². The van der Waals surface area contributed by atoms with Crippen molar-refractivity contribution in [3.8, 4) is 5.75 Å². The molecular weight excluding hydrogens is 288 g/mol. The predicted octanol–water partition coefficient (Wildman–Crippen LogP) is 2.53. The number of amides is 1. The summed E-state index contributed by atoms with van der Waals surface area (Å²) in [4.78, 5) is 20.3. The highest BCUT2D eigenvalue weighted by Crippen LogP contribution is 2.29. The van der Waals surface area contributed by atoms with Gasteiger partial charge in [0.25, 0.3) is 5.91 Å². The van der Waals surface area contributed by atoms with Gasteiger partial charge in [0.2, 0.25) is 0 Å². The summed E-state index contributed by atoms with van der Waals surface area (Å²) >= 11 is 1.38. The highest BCUT2D eigenvalue weighted by atomic mass is 32.1. The molecule has 0 fully saturated rings. The number of pyridine rings is 1. The number of carbonyl (C=O) groups excluding carboxylic acids is 1. The van der Waals surface area contributed by atoms with E-state index in [-0.39, 0.29) is 5.91 Å². The minimum absolute atomic E-state index is 0.270. The maximum Gasteiger partial charge on any atom is 0.259 e. The molecule has 7 heteroatoms. The van der Waals surface area contributed by atoms with E-state index in [9.17, 15) is 4.79 Å². The number of ether oxygens (including phenoxy) is 1. The molecule has 0 saturated heterocycles. The summed E-state index contributed by atoms with van der Waals surface area (Å²) in [5.74, 6) is 0.860. The Kier molecular flexibility index (Phi) is 3.41. The lowest BCUT2D eigenvalue weighted by molar-refractivity contribution is 0.102. The van der Waals surface area contributed by atoms with Gasteiger partial charge in [-0.25, -0.2) is 9.97 Å². The average molecular weight is 300 g/mol. The zero-order valence-electron chi connectivity index (χ0n) is 11.2. The van der Waals surface area contributed by atoms with Gasteiger partial charge in [-0.3, -0.25) is 10.1 Å². The Morgan fingerprint density at radius 1 is 1.33 bits per heavy atom. The van der Waals surface area contributed by atoms with Crippen molar-refractivity contribution in [3.05, 3.63) is 42.1 Å². The van der Waals surface area contributed by atoms with Gasteiger partial charge in [-0.2, -0.15) is 0 Å². The fourth-order valence-electron chi connectivity index (χ4n) is 1.79. The number of anilines is 2. The summed E-state index contributed by atoms with van der Waals surface area (Å²) in [6, 6.07) is 8.77. The summed E-state index contributed by atoms with van der Waals surface area (Å²) in [6.07, 6.45) is 1.43. The second-order valence-corrected chi connectivity index (χ2v) is 5.31. The Balaban J connectivity index is 1.84. The maximum atomic E-state index is 12.1. The van der Waals surface area contributed by atoms with E-state index in [1.165, 1.54) is 17.5 Å². The van der Waals surface area contributed by atoms with Crippen molar-refractivity contribution in [1.29, 1.82) is 0 Å². The van der Waals surface area contributed by atoms with Crippen LogP contribution in [0.25, 0.3) is 10.2 Å². The fraction of sp³-hybridized carbons (Fsp3) is 0.0714. The summed E-state index contributed by atoms with van der Waals surface area (Å²) in [5.41, 5.74) is 6.74. The van der Waals surface area contributed by atoms with Crippen LogP contribution >= 0.6 is 11.3 Å². The maximum absolute atomic E-state index is 12.1. The summed E-state index contributed by atoms with van der Waals surface area (Å²) < 4.78 is 6.11. The third-order valence-electron chi connectivity index (χ3n) is 2.86. The zero-order valence-corrected chi connectivity index (χ0v) is 12.0. The molecule has 0 aliphatic carbocycles. The van der Waals surface area contributed by atoms with E-state index < -0.39 is 0 Å². The van der Waals surface area contributed by atoms with Crippen molar-refractivity contribution < 1.29 is 9.53 Å². The smallest absolute Gasteiger partial charge is 0.259 e. The van der Waals surface area contributed by atoms with Gasteiger partial charge < -0.3 is 10.5 Å². The van der Waals surface area contributed by atoms with Gasteiger partial charge in [0.15, 0.2) is 5.13 Å². The van der Waals surface area contributed by atoms with Crippen LogP contribution in [-0.2, 0) is 0 Å². The van der Waals surface area contributed by atoms with E-state index >= 15 is 0 Å². The van der Waals surface area contributed by atoms with Crippen molar-refractivity contribution in [2.75, 3.05) is 18.2 Å². The normalized spacial score (nSPS) is 10.5. The first kappa shape index (κ1) is 13.3. The molecule has 0 aliphatic heterocycles. The molecule has 0 atom stereocenters. The SMILES string of the molecule is COc1ccc2nc(NC(=O)c3ccc(N)nc3)sc2c1. The molecule has 1 aromatic carbocycles. The number of rotatable bonds is 3. The number of hydrogen-bond donors (Lipinski definition) is 2. The number of nitrogens with zero attached hydrogens (tertiary/aromatic N) is 2. The van der Waals surface area contributed by atoms with Crippen LogP contribution in [0.5, 0.6) is 5.75 Å². The molecule has 0 saturated carbocycles. The van der Waals surface area contributed by atoms with Gasteiger partial charge in [0.1, 0.15) is 11.6 Å². The van der Waals surface area contributed by atoms with Crippen LogP contribution in [0, 0.1) is 0 Å². The Bertz CT molecular complexity index is 798. The molecule has 6 nitrogen and oxygen atoms in total. The van der Waals surface area contributed by atoms with Crippen molar-refractivity contribution in [1.82, 2.24) is 9.97 Å². The van der Waals surface area contributed by atoms with Crippen LogP contribution < -0.4 is 15.8 Å². The molecule has 106 valence electrons. The van der Waals surface area contributed by atoms with Gasteiger partial charge in [0.05, 0.1) is 22.9 Å². The van der Waals surface area contributed by atoms with Gasteiger partial charge in [-0.05, 0) is 30.3 Å².